The monoisotopic (exact) mass is 356 g/mol. The van der Waals surface area contributed by atoms with Crippen LogP contribution in [0.2, 0.25) is 0 Å². The van der Waals surface area contributed by atoms with Crippen molar-refractivity contribution >= 4 is 39.6 Å². The molecule has 122 valence electrons. The van der Waals surface area contributed by atoms with Gasteiger partial charge in [0.2, 0.25) is 0 Å². The second kappa shape index (κ2) is 7.51. The summed E-state index contributed by atoms with van der Waals surface area (Å²) >= 11 is 6.79. The van der Waals surface area contributed by atoms with Gasteiger partial charge in [0.1, 0.15) is 11.1 Å². The number of rotatable bonds is 2. The van der Waals surface area contributed by atoms with Crippen LogP contribution in [0.25, 0.3) is 0 Å². The summed E-state index contributed by atoms with van der Waals surface area (Å²) in [5.41, 5.74) is 2.24. The lowest BCUT2D eigenvalue weighted by Crippen LogP contribution is -2.34. The van der Waals surface area contributed by atoms with E-state index >= 15 is 0 Å². The Kier molecular flexibility index (Phi) is 5.18. The summed E-state index contributed by atoms with van der Waals surface area (Å²) in [5.74, 6) is -0.322. The minimum Gasteiger partial charge on any atom is -0.323 e. The number of amides is 1. The minimum atomic E-state index is -0.322. The van der Waals surface area contributed by atoms with Crippen LogP contribution in [0.5, 0.6) is 0 Å². The number of nitrogens with zero attached hydrogens (tertiary/aromatic N) is 2. The number of thiocarbonyl (C=S) groups is 1. The van der Waals surface area contributed by atoms with Crippen LogP contribution in [-0.2, 0) is 12.8 Å². The molecular formula is C17H16N4OS2. The number of nitrogens with one attached hydrogen (secondary N) is 2. The average molecular weight is 356 g/mol. The summed E-state index contributed by atoms with van der Waals surface area (Å²) in [6, 6.07) is 5.64. The van der Waals surface area contributed by atoms with E-state index in [1.54, 1.807) is 29.7 Å². The third-order valence-corrected chi connectivity index (χ3v) is 5.32. The van der Waals surface area contributed by atoms with E-state index in [1.807, 2.05) is 0 Å². The van der Waals surface area contributed by atoms with E-state index in [9.17, 15) is 10.1 Å². The second-order valence-corrected chi connectivity index (χ2v) is 7.04. The number of hydrogen-bond donors (Lipinski definition) is 2. The molecule has 0 atom stereocenters. The van der Waals surface area contributed by atoms with Gasteiger partial charge in [-0.3, -0.25) is 15.1 Å². The maximum absolute atomic E-state index is 12.1. The molecule has 2 heterocycles. The number of fused-ring (bicyclic) bond motifs is 1. The number of aryl methyl sites for hydroxylation is 1. The zero-order valence-corrected chi connectivity index (χ0v) is 14.6. The van der Waals surface area contributed by atoms with Crippen LogP contribution in [0.4, 0.5) is 5.00 Å². The van der Waals surface area contributed by atoms with Crippen molar-refractivity contribution in [2.24, 2.45) is 0 Å². The Morgan fingerprint density at radius 3 is 2.92 bits per heavy atom. The SMILES string of the molecule is N#Cc1c(NC(=S)NC(=O)c2cccnc2)sc2c1CCCCC2. The lowest BCUT2D eigenvalue weighted by Gasteiger charge is -2.08. The molecule has 0 spiro atoms. The third-order valence-electron chi connectivity index (χ3n) is 3.91. The van der Waals surface area contributed by atoms with Crippen LogP contribution in [0.15, 0.2) is 24.5 Å². The number of nitriles is 1. The highest BCUT2D eigenvalue weighted by molar-refractivity contribution is 7.80. The second-order valence-electron chi connectivity index (χ2n) is 5.53. The number of pyridine rings is 1. The minimum absolute atomic E-state index is 0.191. The topological polar surface area (TPSA) is 77.8 Å². The summed E-state index contributed by atoms with van der Waals surface area (Å²) in [4.78, 5) is 17.3. The summed E-state index contributed by atoms with van der Waals surface area (Å²) in [7, 11) is 0. The molecule has 5 nitrogen and oxygen atoms in total. The van der Waals surface area contributed by atoms with Gasteiger partial charge in [-0.05, 0) is 55.6 Å². The zero-order valence-electron chi connectivity index (χ0n) is 13.0. The van der Waals surface area contributed by atoms with Crippen molar-refractivity contribution in [3.63, 3.8) is 0 Å². The molecule has 0 saturated heterocycles. The van der Waals surface area contributed by atoms with Crippen molar-refractivity contribution < 1.29 is 4.79 Å². The molecule has 1 aliphatic carbocycles. The fourth-order valence-corrected chi connectivity index (χ4v) is 4.26. The molecule has 2 aromatic rings. The number of thiophene rings is 1. The van der Waals surface area contributed by atoms with Crippen molar-refractivity contribution in [3.8, 4) is 6.07 Å². The molecule has 7 heteroatoms. The van der Waals surface area contributed by atoms with Crippen molar-refractivity contribution in [2.75, 3.05) is 5.32 Å². The van der Waals surface area contributed by atoms with E-state index in [0.717, 1.165) is 36.2 Å². The molecular weight excluding hydrogens is 340 g/mol. The predicted octanol–water partition coefficient (Wildman–Crippen LogP) is 3.41. The maximum Gasteiger partial charge on any atom is 0.258 e. The van der Waals surface area contributed by atoms with E-state index in [4.69, 9.17) is 12.2 Å². The molecule has 24 heavy (non-hydrogen) atoms. The van der Waals surface area contributed by atoms with Gasteiger partial charge in [-0.25, -0.2) is 0 Å². The molecule has 2 aromatic heterocycles. The molecule has 0 aromatic carbocycles. The summed E-state index contributed by atoms with van der Waals surface area (Å²) < 4.78 is 0. The summed E-state index contributed by atoms with van der Waals surface area (Å²) in [5, 5.41) is 16.1. The molecule has 0 aliphatic heterocycles. The number of anilines is 1. The van der Waals surface area contributed by atoms with E-state index in [-0.39, 0.29) is 11.0 Å². The van der Waals surface area contributed by atoms with Crippen molar-refractivity contribution in [1.82, 2.24) is 10.3 Å². The Hall–Kier alpha value is -2.30. The van der Waals surface area contributed by atoms with Gasteiger partial charge in [0, 0.05) is 17.3 Å². The van der Waals surface area contributed by atoms with Gasteiger partial charge in [0.25, 0.3) is 5.91 Å². The summed E-state index contributed by atoms with van der Waals surface area (Å²) in [6.07, 6.45) is 8.49. The van der Waals surface area contributed by atoms with Gasteiger partial charge in [-0.1, -0.05) is 6.42 Å². The Balaban J connectivity index is 1.73. The van der Waals surface area contributed by atoms with E-state index in [1.165, 1.54) is 17.5 Å². The lowest BCUT2D eigenvalue weighted by molar-refractivity contribution is 0.0977. The van der Waals surface area contributed by atoms with Gasteiger partial charge in [-0.15, -0.1) is 11.3 Å². The molecule has 3 rings (SSSR count). The molecule has 1 amide bonds. The first-order chi connectivity index (χ1) is 11.7. The van der Waals surface area contributed by atoms with Crippen LogP contribution in [0.1, 0.15) is 45.6 Å². The van der Waals surface area contributed by atoms with E-state index in [0.29, 0.717) is 11.1 Å². The fraction of sp³-hybridized carbons (Fsp3) is 0.294. The Morgan fingerprint density at radius 1 is 1.33 bits per heavy atom. The highest BCUT2D eigenvalue weighted by atomic mass is 32.1. The van der Waals surface area contributed by atoms with Crippen LogP contribution < -0.4 is 10.6 Å². The quantitative estimate of drug-likeness (QED) is 0.637. The Labute approximate surface area is 149 Å². The predicted molar refractivity (Wildman–Crippen MR) is 98.2 cm³/mol. The highest BCUT2D eigenvalue weighted by Crippen LogP contribution is 2.36. The first-order valence-electron chi connectivity index (χ1n) is 7.76. The van der Waals surface area contributed by atoms with Crippen molar-refractivity contribution in [1.29, 1.82) is 5.26 Å². The Morgan fingerprint density at radius 2 is 2.17 bits per heavy atom. The molecule has 1 aliphatic rings. The van der Waals surface area contributed by atoms with Gasteiger partial charge in [0.15, 0.2) is 5.11 Å². The van der Waals surface area contributed by atoms with Crippen LogP contribution in [0.3, 0.4) is 0 Å². The van der Waals surface area contributed by atoms with Crippen LogP contribution >= 0.6 is 23.6 Å². The number of carbonyl (C=O) groups is 1. The first-order valence-corrected chi connectivity index (χ1v) is 8.98. The van der Waals surface area contributed by atoms with E-state index in [2.05, 4.69) is 21.7 Å². The van der Waals surface area contributed by atoms with E-state index < -0.39 is 0 Å². The van der Waals surface area contributed by atoms with Gasteiger partial charge in [-0.2, -0.15) is 5.26 Å². The largest absolute Gasteiger partial charge is 0.323 e. The van der Waals surface area contributed by atoms with Crippen LogP contribution in [-0.4, -0.2) is 16.0 Å². The summed E-state index contributed by atoms with van der Waals surface area (Å²) in [6.45, 7) is 0. The highest BCUT2D eigenvalue weighted by Gasteiger charge is 2.20. The molecule has 0 saturated carbocycles. The molecule has 0 unspecified atom stereocenters. The number of hydrogen-bond acceptors (Lipinski definition) is 5. The Bertz CT molecular complexity index is 808. The molecule has 0 fully saturated rings. The molecule has 0 bridgehead atoms. The third kappa shape index (κ3) is 3.61. The number of carbonyl (C=O) groups excluding carboxylic acids is 1. The standard InChI is InChI=1S/C17H16N4OS2/c18-9-13-12-6-2-1-3-7-14(12)24-16(13)21-17(23)20-15(22)11-5-4-8-19-10-11/h4-5,8,10H,1-3,6-7H2,(H2,20,21,22,23). The first kappa shape index (κ1) is 16.6. The van der Waals surface area contributed by atoms with Crippen molar-refractivity contribution in [2.45, 2.75) is 32.1 Å². The number of aromatic nitrogens is 1. The van der Waals surface area contributed by atoms with Gasteiger partial charge >= 0.3 is 0 Å². The fourth-order valence-electron chi connectivity index (χ4n) is 2.76. The van der Waals surface area contributed by atoms with Gasteiger partial charge < -0.3 is 5.32 Å². The van der Waals surface area contributed by atoms with Crippen molar-refractivity contribution in [3.05, 3.63) is 46.1 Å². The molecule has 2 N–H and O–H groups in total. The lowest BCUT2D eigenvalue weighted by atomic mass is 10.1. The maximum atomic E-state index is 12.1. The smallest absolute Gasteiger partial charge is 0.258 e. The van der Waals surface area contributed by atoms with Gasteiger partial charge in [0.05, 0.1) is 11.1 Å². The zero-order chi connectivity index (χ0) is 16.9. The van der Waals surface area contributed by atoms with Crippen LogP contribution in [0, 0.1) is 11.3 Å². The average Bonchev–Trinajstić information content (AvgIpc) is 2.75. The normalized spacial score (nSPS) is 13.3. The molecule has 0 radical (unpaired) electrons.